The number of carbonyl (C=O) groups excluding carboxylic acids is 2. The molecular weight excluding hydrogens is 702 g/mol. The maximum Gasteiger partial charge on any atom is 1.00 e. The molecule has 1 aromatic rings. The molecule has 0 bridgehead atoms. The number of nitrogens with one attached hydrogen (secondary N) is 1. The maximum absolute atomic E-state index is 13.2. The summed E-state index contributed by atoms with van der Waals surface area (Å²) in [7, 11) is -8.90. The van der Waals surface area contributed by atoms with Gasteiger partial charge >= 0.3 is 154 Å². The molecule has 1 aliphatic heterocycles. The van der Waals surface area contributed by atoms with E-state index in [0.29, 0.717) is 0 Å². The Labute approximate surface area is 382 Å². The minimum Gasteiger partial charge on any atom is -0.748 e. The Morgan fingerprint density at radius 2 is 1.43 bits per heavy atom. The molecule has 0 atom stereocenters. The molecule has 0 spiro atoms. The van der Waals surface area contributed by atoms with Gasteiger partial charge in [0.2, 0.25) is 5.88 Å². The van der Waals surface area contributed by atoms with Crippen molar-refractivity contribution in [2.75, 3.05) is 6.61 Å². The summed E-state index contributed by atoms with van der Waals surface area (Å²) in [5.41, 5.74) is -1.34. The van der Waals surface area contributed by atoms with Crippen molar-refractivity contribution < 1.29 is 200 Å². The second kappa shape index (κ2) is 18.6. The fourth-order valence-electron chi connectivity index (χ4n) is 5.50. The van der Waals surface area contributed by atoms with E-state index in [9.17, 15) is 45.4 Å². The van der Waals surface area contributed by atoms with Gasteiger partial charge in [0.25, 0.3) is 11.5 Å². The first kappa shape index (κ1) is 43.7. The number of hydrogen-bond acceptors (Lipinski definition) is 12. The molecule has 0 radical (unpaired) electrons. The number of amides is 1. The Balaban J connectivity index is 0.00000323. The Kier molecular flexibility index (Phi) is 18.4. The topological polar surface area (TPSA) is 234 Å². The van der Waals surface area contributed by atoms with Gasteiger partial charge in [-0.05, 0) is 70.4 Å². The van der Waals surface area contributed by atoms with Crippen molar-refractivity contribution in [1.82, 2.24) is 14.8 Å². The largest absolute Gasteiger partial charge is 1.00 e. The quantitative estimate of drug-likeness (QED) is 0.142. The number of carboxylic acid groups (broad SMARTS) is 1. The number of carboxylic acids is 1. The Bertz CT molecular complexity index is 1570. The van der Waals surface area contributed by atoms with Crippen LogP contribution in [0.15, 0.2) is 27.6 Å². The van der Waals surface area contributed by atoms with Crippen molar-refractivity contribution in [3.8, 4) is 5.88 Å². The molecule has 2 heterocycles. The van der Waals surface area contributed by atoms with Gasteiger partial charge < -0.3 is 23.7 Å². The predicted molar refractivity (Wildman–Crippen MR) is 139 cm³/mol. The van der Waals surface area contributed by atoms with Gasteiger partial charge in [0.1, 0.15) is 11.3 Å². The number of aliphatic carboxylic acids is 1. The number of carbonyl (C=O) groups is 2. The molecule has 0 saturated heterocycles. The third kappa shape index (κ3) is 10.6. The van der Waals surface area contributed by atoms with Gasteiger partial charge in [0.15, 0.2) is 0 Å². The Hall–Kier alpha value is 1.63. The predicted octanol–water partition coefficient (Wildman–Crippen LogP) is -9.64. The number of allylic oxidation sites excluding steroid dienone is 2. The number of aromatic nitrogens is 2. The molecule has 20 heteroatoms. The Morgan fingerprint density at radius 3 is 1.89 bits per heavy atom. The van der Waals surface area contributed by atoms with Crippen LogP contribution in [0.1, 0.15) is 69.9 Å². The van der Waals surface area contributed by atoms with Crippen LogP contribution in [0.25, 0.3) is 6.08 Å². The van der Waals surface area contributed by atoms with E-state index >= 15 is 0 Å². The smallest absolute Gasteiger partial charge is 0.748 e. The van der Waals surface area contributed by atoms with Crippen LogP contribution >= 0.6 is 0 Å². The summed E-state index contributed by atoms with van der Waals surface area (Å²) in [5.74, 6) is -2.33. The standard InChI is InChI=1S/C24H32N4O11S2.3K/c1-2-39-21-19(23(30)28(26-21)15-8-12-17(13-9-15)41(36,37)38)5-3-4-18-20(24(31)32)25-27(22(18)29)14-6-10-16(11-7-14)40(33,34)35;;;/h3-5,14-17,26H,2,6-13H2,1H3,(H,31,32)(H,33,34,35)(H,36,37,38);;;/q;3*+1/p-3. The van der Waals surface area contributed by atoms with E-state index in [1.165, 1.54) is 22.9 Å². The normalized spacial score (nSPS) is 25.2. The van der Waals surface area contributed by atoms with E-state index in [-0.39, 0.29) is 229 Å². The summed E-state index contributed by atoms with van der Waals surface area (Å²) < 4.78 is 74.8. The Morgan fingerprint density at radius 1 is 0.932 bits per heavy atom. The van der Waals surface area contributed by atoms with Crippen LogP contribution < -0.4 is 170 Å². The first-order valence-electron chi connectivity index (χ1n) is 13.1. The molecule has 0 aromatic carbocycles. The average molecular weight is 731 g/mol. The molecule has 15 nitrogen and oxygen atoms in total. The second-order valence-electron chi connectivity index (χ2n) is 10.1. The zero-order chi connectivity index (χ0) is 30.1. The fourth-order valence-corrected chi connectivity index (χ4v) is 7.20. The van der Waals surface area contributed by atoms with Gasteiger partial charge in [-0.3, -0.25) is 14.7 Å². The number of nitrogens with zero attached hydrogens (tertiary/aromatic N) is 3. The van der Waals surface area contributed by atoms with E-state index in [1.807, 2.05) is 0 Å². The monoisotopic (exact) mass is 730 g/mol. The first-order valence-corrected chi connectivity index (χ1v) is 16.1. The molecule has 3 aliphatic rings. The summed E-state index contributed by atoms with van der Waals surface area (Å²) in [6.07, 6.45) is 4.90. The van der Waals surface area contributed by atoms with Crippen molar-refractivity contribution in [2.45, 2.75) is 80.9 Å². The molecule has 44 heavy (non-hydrogen) atoms. The van der Waals surface area contributed by atoms with Crippen LogP contribution in [0, 0.1) is 0 Å². The molecule has 1 amide bonds. The first-order chi connectivity index (χ1) is 19.2. The van der Waals surface area contributed by atoms with Crippen LogP contribution in [0.2, 0.25) is 0 Å². The summed E-state index contributed by atoms with van der Waals surface area (Å²) in [6.45, 7) is 1.90. The van der Waals surface area contributed by atoms with Gasteiger partial charge in [-0.2, -0.15) is 5.10 Å². The summed E-state index contributed by atoms with van der Waals surface area (Å²) in [6, 6.07) is -0.994. The van der Waals surface area contributed by atoms with Gasteiger partial charge in [-0.25, -0.2) is 26.5 Å². The zero-order valence-electron chi connectivity index (χ0n) is 25.1. The molecule has 1 aromatic heterocycles. The fraction of sp³-hybridized carbons (Fsp3) is 0.583. The SMILES string of the molecule is CCOc1[nH]n(C2CCC(S(=O)(=O)[O-])CC2)c(=O)c1C=CC=C1C(=O)N(C2CCC(S(=O)(=O)[O-])CC2)N=C1C(=O)[O-].[K+].[K+].[K+]. The molecular formula is C24H29K3N4O11S2. The van der Waals surface area contributed by atoms with Crippen LogP contribution in [0.5, 0.6) is 5.88 Å². The average Bonchev–Trinajstić information content (AvgIpc) is 3.40. The van der Waals surface area contributed by atoms with Crippen molar-refractivity contribution >= 4 is 43.9 Å². The van der Waals surface area contributed by atoms with Crippen molar-refractivity contribution in [1.29, 1.82) is 0 Å². The molecule has 4 rings (SSSR count). The van der Waals surface area contributed by atoms with Crippen LogP contribution in [0.3, 0.4) is 0 Å². The molecule has 2 saturated carbocycles. The number of H-pyrrole nitrogens is 1. The summed E-state index contributed by atoms with van der Waals surface area (Å²) in [4.78, 5) is 38.0. The number of hydrogen-bond donors (Lipinski definition) is 1. The van der Waals surface area contributed by atoms with E-state index in [2.05, 4.69) is 10.2 Å². The zero-order valence-corrected chi connectivity index (χ0v) is 36.1. The number of ether oxygens (including phenoxy) is 1. The molecule has 2 aliphatic carbocycles. The second-order valence-corrected chi connectivity index (χ2v) is 13.4. The minimum absolute atomic E-state index is 0. The number of rotatable bonds is 9. The van der Waals surface area contributed by atoms with Crippen LogP contribution in [0.4, 0.5) is 0 Å². The number of aromatic amines is 1. The summed E-state index contributed by atoms with van der Waals surface area (Å²) in [5, 5.41) is 17.4. The van der Waals surface area contributed by atoms with Crippen molar-refractivity contribution in [3.63, 3.8) is 0 Å². The van der Waals surface area contributed by atoms with E-state index in [1.54, 1.807) is 6.92 Å². The van der Waals surface area contributed by atoms with Crippen LogP contribution in [-0.4, -0.2) is 81.5 Å². The molecule has 2 fully saturated rings. The van der Waals surface area contributed by atoms with Gasteiger partial charge in [-0.1, -0.05) is 6.08 Å². The third-order valence-corrected chi connectivity index (χ3v) is 10.2. The van der Waals surface area contributed by atoms with E-state index < -0.39 is 66.0 Å². The van der Waals surface area contributed by atoms with Gasteiger partial charge in [-0.15, -0.1) is 0 Å². The maximum atomic E-state index is 13.2. The third-order valence-electron chi connectivity index (χ3n) is 7.64. The van der Waals surface area contributed by atoms with Crippen LogP contribution in [-0.2, 0) is 29.8 Å². The van der Waals surface area contributed by atoms with E-state index in [0.717, 1.165) is 5.01 Å². The summed E-state index contributed by atoms with van der Waals surface area (Å²) >= 11 is 0. The molecule has 1 N–H and O–H groups in total. The van der Waals surface area contributed by atoms with Gasteiger partial charge in [0.05, 0.1) is 50.5 Å². The van der Waals surface area contributed by atoms with Gasteiger partial charge in [0, 0.05) is 10.5 Å². The minimum atomic E-state index is -4.48. The van der Waals surface area contributed by atoms with Crippen molar-refractivity contribution in [2.24, 2.45) is 5.10 Å². The van der Waals surface area contributed by atoms with E-state index in [4.69, 9.17) is 4.74 Å². The van der Waals surface area contributed by atoms with Crippen molar-refractivity contribution in [3.05, 3.63) is 33.6 Å². The molecule has 226 valence electrons. The number of hydrazone groups is 1. The molecule has 0 unspecified atom stereocenters.